The van der Waals surface area contributed by atoms with Gasteiger partial charge in [0.15, 0.2) is 5.82 Å². The molecule has 0 saturated heterocycles. The zero-order valence-corrected chi connectivity index (χ0v) is 16.0. The maximum atomic E-state index is 12.8. The highest BCUT2D eigenvalue weighted by Gasteiger charge is 2.23. The monoisotopic (exact) mass is 405 g/mol. The zero-order chi connectivity index (χ0) is 19.6. The fraction of sp³-hybridized carbons (Fsp3) is 0.118. The van der Waals surface area contributed by atoms with Crippen molar-refractivity contribution in [1.82, 2.24) is 14.8 Å². The lowest BCUT2D eigenvalue weighted by atomic mass is 10.3. The molecule has 0 aliphatic rings. The average molecular weight is 406 g/mol. The smallest absolute Gasteiger partial charge is 0.265 e. The number of carbonyl (C=O) groups excluding carboxylic acids is 1. The molecule has 2 aromatic heterocycles. The molecule has 1 aromatic carbocycles. The van der Waals surface area contributed by atoms with E-state index in [1.807, 2.05) is 0 Å². The van der Waals surface area contributed by atoms with Crippen molar-refractivity contribution < 1.29 is 13.2 Å². The number of halogens is 1. The number of nitrogens with zero attached hydrogens (tertiary/aromatic N) is 3. The van der Waals surface area contributed by atoms with Crippen molar-refractivity contribution in [3.63, 3.8) is 0 Å². The molecule has 0 atom stereocenters. The van der Waals surface area contributed by atoms with E-state index in [0.717, 1.165) is 0 Å². The molecule has 0 saturated carbocycles. The van der Waals surface area contributed by atoms with Gasteiger partial charge in [-0.15, -0.1) is 0 Å². The SMILES string of the molecule is CC(=O)Nc1ccc(NS(=O)(=O)c2cnn(-c3ccccn3)c2C)c(Cl)c1. The van der Waals surface area contributed by atoms with Gasteiger partial charge in [0, 0.05) is 18.8 Å². The van der Waals surface area contributed by atoms with Crippen LogP contribution in [0.25, 0.3) is 5.82 Å². The second-order valence-corrected chi connectivity index (χ2v) is 7.73. The summed E-state index contributed by atoms with van der Waals surface area (Å²) in [6.07, 6.45) is 2.85. The zero-order valence-electron chi connectivity index (χ0n) is 14.5. The molecule has 10 heteroatoms. The minimum Gasteiger partial charge on any atom is -0.326 e. The van der Waals surface area contributed by atoms with Crippen LogP contribution < -0.4 is 10.0 Å². The molecular formula is C17H16ClN5O3S. The van der Waals surface area contributed by atoms with Gasteiger partial charge in [-0.2, -0.15) is 5.10 Å². The average Bonchev–Trinajstić information content (AvgIpc) is 3.00. The van der Waals surface area contributed by atoms with Gasteiger partial charge in [-0.25, -0.2) is 18.1 Å². The summed E-state index contributed by atoms with van der Waals surface area (Å²) in [5.74, 6) is 0.256. The Labute approximate surface area is 161 Å². The summed E-state index contributed by atoms with van der Waals surface area (Å²) in [6.45, 7) is 3.00. The number of anilines is 2. The van der Waals surface area contributed by atoms with Crippen molar-refractivity contribution in [3.8, 4) is 5.82 Å². The molecule has 0 radical (unpaired) electrons. The lowest BCUT2D eigenvalue weighted by Gasteiger charge is -2.11. The molecule has 140 valence electrons. The third kappa shape index (κ3) is 4.09. The largest absolute Gasteiger partial charge is 0.326 e. The van der Waals surface area contributed by atoms with E-state index >= 15 is 0 Å². The maximum Gasteiger partial charge on any atom is 0.265 e. The second-order valence-electron chi connectivity index (χ2n) is 5.68. The van der Waals surface area contributed by atoms with Crippen LogP contribution >= 0.6 is 11.6 Å². The van der Waals surface area contributed by atoms with Gasteiger partial charge < -0.3 is 5.32 Å². The standard InChI is InChI=1S/C17H16ClN5O3S/c1-11-16(10-20-23(11)17-5-3-4-8-19-17)27(25,26)22-15-7-6-13(9-14(15)18)21-12(2)24/h3-10,22H,1-2H3,(H,21,24). The number of sulfonamides is 1. The summed E-state index contributed by atoms with van der Waals surface area (Å²) in [7, 11) is -3.92. The number of rotatable bonds is 5. The molecule has 3 rings (SSSR count). The molecule has 0 aliphatic heterocycles. The van der Waals surface area contributed by atoms with Crippen LogP contribution in [0.2, 0.25) is 5.02 Å². The van der Waals surface area contributed by atoms with Crippen LogP contribution in [0.15, 0.2) is 53.7 Å². The number of hydrogen-bond acceptors (Lipinski definition) is 5. The molecule has 0 fully saturated rings. The number of nitrogens with one attached hydrogen (secondary N) is 2. The lowest BCUT2D eigenvalue weighted by Crippen LogP contribution is -2.14. The fourth-order valence-electron chi connectivity index (χ4n) is 2.45. The quantitative estimate of drug-likeness (QED) is 0.678. The predicted octanol–water partition coefficient (Wildman–Crippen LogP) is 2.99. The summed E-state index contributed by atoms with van der Waals surface area (Å²) >= 11 is 6.14. The molecule has 1 amide bonds. The predicted molar refractivity (Wildman–Crippen MR) is 103 cm³/mol. The van der Waals surface area contributed by atoms with Gasteiger partial charge in [-0.05, 0) is 37.3 Å². The molecule has 0 aliphatic carbocycles. The van der Waals surface area contributed by atoms with Crippen molar-refractivity contribution in [2.45, 2.75) is 18.7 Å². The molecule has 27 heavy (non-hydrogen) atoms. The Bertz CT molecular complexity index is 1100. The number of amides is 1. The number of aromatic nitrogens is 3. The van der Waals surface area contributed by atoms with Crippen molar-refractivity contribution >= 4 is 38.9 Å². The first-order valence-electron chi connectivity index (χ1n) is 7.84. The first kappa shape index (κ1) is 18.9. The highest BCUT2D eigenvalue weighted by atomic mass is 35.5. The maximum absolute atomic E-state index is 12.8. The summed E-state index contributed by atoms with van der Waals surface area (Å²) in [5, 5.41) is 6.85. The first-order chi connectivity index (χ1) is 12.8. The highest BCUT2D eigenvalue weighted by Crippen LogP contribution is 2.28. The van der Waals surface area contributed by atoms with E-state index in [1.54, 1.807) is 37.4 Å². The number of carbonyl (C=O) groups is 1. The normalized spacial score (nSPS) is 11.2. The minimum atomic E-state index is -3.92. The summed E-state index contributed by atoms with van der Waals surface area (Å²) < 4.78 is 29.4. The van der Waals surface area contributed by atoms with Gasteiger partial charge in [0.25, 0.3) is 10.0 Å². The summed E-state index contributed by atoms with van der Waals surface area (Å²) in [6, 6.07) is 9.76. The van der Waals surface area contributed by atoms with Gasteiger partial charge in [-0.1, -0.05) is 17.7 Å². The molecule has 0 unspecified atom stereocenters. The Hall–Kier alpha value is -2.91. The van der Waals surface area contributed by atoms with E-state index < -0.39 is 10.0 Å². The molecule has 0 bridgehead atoms. The third-order valence-electron chi connectivity index (χ3n) is 3.65. The van der Waals surface area contributed by atoms with Crippen LogP contribution in [0, 0.1) is 6.92 Å². The van der Waals surface area contributed by atoms with E-state index in [2.05, 4.69) is 20.1 Å². The molecule has 8 nitrogen and oxygen atoms in total. The third-order valence-corrected chi connectivity index (χ3v) is 5.44. The fourth-order valence-corrected chi connectivity index (χ4v) is 3.97. The van der Waals surface area contributed by atoms with Crippen molar-refractivity contribution in [2.24, 2.45) is 0 Å². The van der Waals surface area contributed by atoms with Gasteiger partial charge in [0.2, 0.25) is 5.91 Å². The van der Waals surface area contributed by atoms with Gasteiger partial charge in [0.1, 0.15) is 4.90 Å². The second kappa shape index (κ2) is 7.37. The summed E-state index contributed by atoms with van der Waals surface area (Å²) in [4.78, 5) is 15.3. The van der Waals surface area contributed by atoms with Crippen molar-refractivity contribution in [2.75, 3.05) is 10.0 Å². The first-order valence-corrected chi connectivity index (χ1v) is 9.70. The van der Waals surface area contributed by atoms with Crippen LogP contribution in [-0.2, 0) is 14.8 Å². The Morgan fingerprint density at radius 1 is 1.22 bits per heavy atom. The Kier molecular flexibility index (Phi) is 5.15. The van der Waals surface area contributed by atoms with Gasteiger partial charge in [-0.3, -0.25) is 9.52 Å². The van der Waals surface area contributed by atoms with E-state index in [1.165, 1.54) is 29.9 Å². The minimum absolute atomic E-state index is 0.00940. The van der Waals surface area contributed by atoms with Gasteiger partial charge in [0.05, 0.1) is 22.6 Å². The molecular weight excluding hydrogens is 390 g/mol. The highest BCUT2D eigenvalue weighted by molar-refractivity contribution is 7.92. The van der Waals surface area contributed by atoms with E-state index in [9.17, 15) is 13.2 Å². The molecule has 0 spiro atoms. The van der Waals surface area contributed by atoms with Gasteiger partial charge >= 0.3 is 0 Å². The van der Waals surface area contributed by atoms with Crippen molar-refractivity contribution in [3.05, 3.63) is 59.5 Å². The Morgan fingerprint density at radius 2 is 2.00 bits per heavy atom. The van der Waals surface area contributed by atoms with Crippen LogP contribution in [-0.4, -0.2) is 29.1 Å². The molecule has 2 N–H and O–H groups in total. The molecule has 2 heterocycles. The van der Waals surface area contributed by atoms with E-state index in [-0.39, 0.29) is 21.5 Å². The van der Waals surface area contributed by atoms with E-state index in [4.69, 9.17) is 11.6 Å². The van der Waals surface area contributed by atoms with Crippen molar-refractivity contribution in [1.29, 1.82) is 0 Å². The van der Waals surface area contributed by atoms with Crippen LogP contribution in [0.4, 0.5) is 11.4 Å². The van der Waals surface area contributed by atoms with Crippen LogP contribution in [0.3, 0.4) is 0 Å². The molecule has 3 aromatic rings. The lowest BCUT2D eigenvalue weighted by molar-refractivity contribution is -0.114. The van der Waals surface area contributed by atoms with Crippen LogP contribution in [0.1, 0.15) is 12.6 Å². The number of hydrogen-bond donors (Lipinski definition) is 2. The summed E-state index contributed by atoms with van der Waals surface area (Å²) in [5.41, 5.74) is 1.07. The Morgan fingerprint density at radius 3 is 2.63 bits per heavy atom. The topological polar surface area (TPSA) is 106 Å². The van der Waals surface area contributed by atoms with Crippen LogP contribution in [0.5, 0.6) is 0 Å². The number of pyridine rings is 1. The van der Waals surface area contributed by atoms with E-state index in [0.29, 0.717) is 17.2 Å². The Balaban J connectivity index is 1.90. The number of benzene rings is 1.